The van der Waals surface area contributed by atoms with Gasteiger partial charge < -0.3 is 15.2 Å². The predicted molar refractivity (Wildman–Crippen MR) is 104 cm³/mol. The van der Waals surface area contributed by atoms with Gasteiger partial charge >= 0.3 is 11.9 Å². The molecule has 0 aliphatic heterocycles. The van der Waals surface area contributed by atoms with Crippen LogP contribution in [0, 0.1) is 13.8 Å². The number of rotatable bonds is 5. The Morgan fingerprint density at radius 3 is 2.48 bits per heavy atom. The van der Waals surface area contributed by atoms with E-state index in [-0.39, 0.29) is 12.2 Å². The van der Waals surface area contributed by atoms with Crippen LogP contribution in [-0.4, -0.2) is 28.6 Å². The van der Waals surface area contributed by atoms with Gasteiger partial charge in [-0.05, 0) is 56.7 Å². The highest BCUT2D eigenvalue weighted by Crippen LogP contribution is 2.32. The molecule has 0 atom stereocenters. The van der Waals surface area contributed by atoms with Crippen molar-refractivity contribution in [3.8, 4) is 0 Å². The summed E-state index contributed by atoms with van der Waals surface area (Å²) in [5.41, 5.74) is 4.62. The molecular formula is C21H20N2O4. The number of carboxylic acids is 1. The molecule has 2 N–H and O–H groups in total. The van der Waals surface area contributed by atoms with E-state index in [9.17, 15) is 9.59 Å². The summed E-state index contributed by atoms with van der Waals surface area (Å²) in [7, 11) is 0. The molecule has 0 saturated carbocycles. The van der Waals surface area contributed by atoms with Gasteiger partial charge in [0.2, 0.25) is 0 Å². The lowest BCUT2D eigenvalue weighted by atomic mass is 10.0. The van der Waals surface area contributed by atoms with Crippen molar-refractivity contribution in [1.29, 1.82) is 0 Å². The summed E-state index contributed by atoms with van der Waals surface area (Å²) in [5.74, 6) is -1.45. The number of esters is 1. The van der Waals surface area contributed by atoms with Crippen LogP contribution < -0.4 is 5.32 Å². The topological polar surface area (TPSA) is 88.5 Å². The zero-order valence-electron chi connectivity index (χ0n) is 15.4. The van der Waals surface area contributed by atoms with Crippen LogP contribution in [0.25, 0.3) is 10.9 Å². The molecule has 0 fully saturated rings. The molecule has 0 unspecified atom stereocenters. The number of benzene rings is 2. The average Bonchev–Trinajstić information content (AvgIpc) is 2.62. The Labute approximate surface area is 156 Å². The fraction of sp³-hybridized carbons (Fsp3) is 0.190. The van der Waals surface area contributed by atoms with E-state index in [0.717, 1.165) is 22.0 Å². The van der Waals surface area contributed by atoms with E-state index in [0.29, 0.717) is 16.9 Å². The number of hydrogen-bond donors (Lipinski definition) is 2. The number of anilines is 2. The van der Waals surface area contributed by atoms with Crippen LogP contribution in [0.1, 0.15) is 38.8 Å². The quantitative estimate of drug-likeness (QED) is 0.649. The summed E-state index contributed by atoms with van der Waals surface area (Å²) in [6.07, 6.45) is 1.51. The second kappa shape index (κ2) is 7.45. The van der Waals surface area contributed by atoms with Crippen LogP contribution in [0.5, 0.6) is 0 Å². The van der Waals surface area contributed by atoms with Crippen molar-refractivity contribution >= 4 is 34.2 Å². The van der Waals surface area contributed by atoms with Gasteiger partial charge in [0.15, 0.2) is 0 Å². The van der Waals surface area contributed by atoms with Crippen LogP contribution in [0.15, 0.2) is 42.6 Å². The summed E-state index contributed by atoms with van der Waals surface area (Å²) < 4.78 is 5.17. The van der Waals surface area contributed by atoms with Crippen molar-refractivity contribution in [1.82, 2.24) is 4.98 Å². The highest BCUT2D eigenvalue weighted by Gasteiger charge is 2.18. The molecule has 0 aliphatic carbocycles. The van der Waals surface area contributed by atoms with Crippen LogP contribution in [0.3, 0.4) is 0 Å². The van der Waals surface area contributed by atoms with Crippen molar-refractivity contribution < 1.29 is 19.4 Å². The van der Waals surface area contributed by atoms with Crippen LogP contribution >= 0.6 is 0 Å². The maximum atomic E-state index is 12.4. The molecule has 3 aromatic rings. The SMILES string of the molecule is CCOC(=O)c1cnc2c(C)cc(C)cc2c1Nc1ccc(C(=O)O)cc1. The minimum absolute atomic E-state index is 0.192. The van der Waals surface area contributed by atoms with Gasteiger partial charge in [-0.1, -0.05) is 11.6 Å². The third-order valence-electron chi connectivity index (χ3n) is 4.20. The van der Waals surface area contributed by atoms with Gasteiger partial charge in [0, 0.05) is 17.3 Å². The number of aromatic nitrogens is 1. The largest absolute Gasteiger partial charge is 0.478 e. The van der Waals surface area contributed by atoms with Gasteiger partial charge in [0.25, 0.3) is 0 Å². The molecule has 0 radical (unpaired) electrons. The number of aryl methyl sites for hydroxylation is 2. The number of carbonyl (C=O) groups is 2. The lowest BCUT2D eigenvalue weighted by Crippen LogP contribution is -2.09. The monoisotopic (exact) mass is 364 g/mol. The number of aromatic carboxylic acids is 1. The maximum Gasteiger partial charge on any atom is 0.341 e. The molecule has 0 aliphatic rings. The van der Waals surface area contributed by atoms with Crippen LogP contribution in [-0.2, 0) is 4.74 Å². The molecule has 1 aromatic heterocycles. The summed E-state index contributed by atoms with van der Waals surface area (Å²) in [6, 6.07) is 10.3. The molecule has 27 heavy (non-hydrogen) atoms. The molecule has 1 heterocycles. The minimum atomic E-state index is -0.991. The number of nitrogens with one attached hydrogen (secondary N) is 1. The van der Waals surface area contributed by atoms with Crippen molar-refractivity contribution in [2.24, 2.45) is 0 Å². The van der Waals surface area contributed by atoms with Crippen molar-refractivity contribution in [2.75, 3.05) is 11.9 Å². The van der Waals surface area contributed by atoms with E-state index in [1.807, 2.05) is 26.0 Å². The first-order valence-electron chi connectivity index (χ1n) is 8.58. The zero-order valence-corrected chi connectivity index (χ0v) is 15.4. The number of carboxylic acid groups (broad SMARTS) is 1. The molecule has 3 rings (SSSR count). The van der Waals surface area contributed by atoms with Gasteiger partial charge in [0.1, 0.15) is 5.56 Å². The van der Waals surface area contributed by atoms with Gasteiger partial charge in [0.05, 0.1) is 23.4 Å². The van der Waals surface area contributed by atoms with Gasteiger partial charge in [-0.25, -0.2) is 9.59 Å². The average molecular weight is 364 g/mol. The Morgan fingerprint density at radius 2 is 1.85 bits per heavy atom. The van der Waals surface area contributed by atoms with Crippen molar-refractivity contribution in [2.45, 2.75) is 20.8 Å². The van der Waals surface area contributed by atoms with Gasteiger partial charge in [-0.3, -0.25) is 4.98 Å². The standard InChI is InChI=1S/C21H20N2O4/c1-4-27-21(26)17-11-22-18-13(3)9-12(2)10-16(18)19(17)23-15-7-5-14(6-8-15)20(24)25/h5-11H,4H2,1-3H3,(H,22,23)(H,24,25). The molecule has 138 valence electrons. The smallest absolute Gasteiger partial charge is 0.341 e. The molecule has 0 saturated heterocycles. The summed E-state index contributed by atoms with van der Waals surface area (Å²) in [5, 5.41) is 13.1. The van der Waals surface area contributed by atoms with Gasteiger partial charge in [-0.15, -0.1) is 0 Å². The van der Waals surface area contributed by atoms with Crippen molar-refractivity contribution in [3.05, 3.63) is 64.8 Å². The lowest BCUT2D eigenvalue weighted by molar-refractivity contribution is 0.0526. The Balaban J connectivity index is 2.16. The second-order valence-corrected chi connectivity index (χ2v) is 6.25. The van der Waals surface area contributed by atoms with Crippen LogP contribution in [0.4, 0.5) is 11.4 Å². The Kier molecular flexibility index (Phi) is 5.07. The third-order valence-corrected chi connectivity index (χ3v) is 4.20. The zero-order chi connectivity index (χ0) is 19.6. The number of ether oxygens (including phenoxy) is 1. The van der Waals surface area contributed by atoms with Crippen molar-refractivity contribution in [3.63, 3.8) is 0 Å². The van der Waals surface area contributed by atoms with Crippen LogP contribution in [0.2, 0.25) is 0 Å². The second-order valence-electron chi connectivity index (χ2n) is 6.25. The summed E-state index contributed by atoms with van der Waals surface area (Å²) >= 11 is 0. The number of pyridine rings is 1. The highest BCUT2D eigenvalue weighted by molar-refractivity contribution is 6.06. The summed E-state index contributed by atoms with van der Waals surface area (Å²) in [6.45, 7) is 5.96. The molecule has 2 aromatic carbocycles. The van der Waals surface area contributed by atoms with E-state index in [1.54, 1.807) is 19.1 Å². The van der Waals surface area contributed by atoms with E-state index in [1.165, 1.54) is 18.3 Å². The molecule has 6 nitrogen and oxygen atoms in total. The Morgan fingerprint density at radius 1 is 1.15 bits per heavy atom. The molecular weight excluding hydrogens is 344 g/mol. The molecule has 0 amide bonds. The molecule has 6 heteroatoms. The third kappa shape index (κ3) is 3.74. The fourth-order valence-corrected chi connectivity index (χ4v) is 3.00. The first-order chi connectivity index (χ1) is 12.9. The first kappa shape index (κ1) is 18.4. The predicted octanol–water partition coefficient (Wildman–Crippen LogP) is 4.47. The van der Waals surface area contributed by atoms with E-state index >= 15 is 0 Å². The van der Waals surface area contributed by atoms with Gasteiger partial charge in [-0.2, -0.15) is 0 Å². The maximum absolute atomic E-state index is 12.4. The number of fused-ring (bicyclic) bond motifs is 1. The Bertz CT molecular complexity index is 1030. The van der Waals surface area contributed by atoms with E-state index in [2.05, 4.69) is 10.3 Å². The molecule has 0 bridgehead atoms. The highest BCUT2D eigenvalue weighted by atomic mass is 16.5. The Hall–Kier alpha value is -3.41. The first-order valence-corrected chi connectivity index (χ1v) is 8.58. The normalized spacial score (nSPS) is 10.6. The minimum Gasteiger partial charge on any atom is -0.478 e. The lowest BCUT2D eigenvalue weighted by Gasteiger charge is -2.16. The fourth-order valence-electron chi connectivity index (χ4n) is 3.00. The van der Waals surface area contributed by atoms with E-state index in [4.69, 9.17) is 9.84 Å². The molecule has 0 spiro atoms. The van der Waals surface area contributed by atoms with E-state index < -0.39 is 11.9 Å². The number of carbonyl (C=O) groups excluding carboxylic acids is 1. The summed E-state index contributed by atoms with van der Waals surface area (Å²) in [4.78, 5) is 27.9. The number of hydrogen-bond acceptors (Lipinski definition) is 5. The number of nitrogens with zero attached hydrogens (tertiary/aromatic N) is 1.